The largest absolute Gasteiger partial charge is 0.346 e. The van der Waals surface area contributed by atoms with Crippen molar-refractivity contribution in [3.63, 3.8) is 0 Å². The minimum absolute atomic E-state index is 0.0562. The second-order valence-corrected chi connectivity index (χ2v) is 4.86. The van der Waals surface area contributed by atoms with E-state index in [0.29, 0.717) is 6.54 Å². The fourth-order valence-corrected chi connectivity index (χ4v) is 2.26. The lowest BCUT2D eigenvalue weighted by atomic mass is 10.3. The van der Waals surface area contributed by atoms with E-state index >= 15 is 0 Å². The van der Waals surface area contributed by atoms with Crippen molar-refractivity contribution in [1.82, 2.24) is 15.5 Å². The molecule has 1 aliphatic rings. The highest BCUT2D eigenvalue weighted by atomic mass is 32.2. The molecule has 1 saturated heterocycles. The molecule has 0 aromatic heterocycles. The first-order chi connectivity index (χ1) is 7.65. The Morgan fingerprint density at radius 2 is 2.31 bits per heavy atom. The summed E-state index contributed by atoms with van der Waals surface area (Å²) in [5.74, 6) is 1.69. The Bertz CT molecular complexity index is 254. The molecule has 16 heavy (non-hydrogen) atoms. The van der Waals surface area contributed by atoms with Gasteiger partial charge in [-0.3, -0.25) is 9.59 Å². The molecule has 6 heteroatoms. The van der Waals surface area contributed by atoms with Gasteiger partial charge in [-0.05, 0) is 6.92 Å². The lowest BCUT2D eigenvalue weighted by Crippen LogP contribution is -2.50. The number of nitrogens with one attached hydrogen (secondary N) is 2. The van der Waals surface area contributed by atoms with E-state index in [1.165, 1.54) is 0 Å². The van der Waals surface area contributed by atoms with Crippen LogP contribution in [0.3, 0.4) is 0 Å². The average Bonchev–Trinajstić information content (AvgIpc) is 2.35. The summed E-state index contributed by atoms with van der Waals surface area (Å²) in [7, 11) is 1.73. The van der Waals surface area contributed by atoms with Crippen LogP contribution in [0.1, 0.15) is 6.92 Å². The van der Waals surface area contributed by atoms with E-state index in [0.717, 1.165) is 18.1 Å². The third kappa shape index (κ3) is 4.02. The summed E-state index contributed by atoms with van der Waals surface area (Å²) in [5, 5.41) is 5.79. The fraction of sp³-hybridized carbons (Fsp3) is 0.800. The molecular formula is C10H19N3O2S. The van der Waals surface area contributed by atoms with E-state index in [1.807, 2.05) is 6.92 Å². The van der Waals surface area contributed by atoms with E-state index in [4.69, 9.17) is 0 Å². The first-order valence-electron chi connectivity index (χ1n) is 5.48. The van der Waals surface area contributed by atoms with Crippen LogP contribution in [0.4, 0.5) is 0 Å². The third-order valence-electron chi connectivity index (χ3n) is 2.55. The molecule has 92 valence electrons. The van der Waals surface area contributed by atoms with Gasteiger partial charge < -0.3 is 15.5 Å². The highest BCUT2D eigenvalue weighted by molar-refractivity contribution is 7.99. The van der Waals surface area contributed by atoms with Crippen molar-refractivity contribution in [1.29, 1.82) is 0 Å². The van der Waals surface area contributed by atoms with Crippen molar-refractivity contribution in [2.75, 3.05) is 38.2 Å². The normalized spacial score (nSPS) is 20.2. The number of amides is 2. The zero-order valence-electron chi connectivity index (χ0n) is 9.78. The summed E-state index contributed by atoms with van der Waals surface area (Å²) in [6, 6.07) is -0.154. The van der Waals surface area contributed by atoms with Gasteiger partial charge in [-0.25, -0.2) is 0 Å². The van der Waals surface area contributed by atoms with Gasteiger partial charge in [0.05, 0.1) is 12.6 Å². The van der Waals surface area contributed by atoms with Crippen molar-refractivity contribution in [2.45, 2.75) is 13.0 Å². The van der Waals surface area contributed by atoms with Crippen molar-refractivity contribution >= 4 is 23.6 Å². The Hall–Kier alpha value is -0.750. The Balaban J connectivity index is 2.26. The molecule has 2 amide bonds. The summed E-state index contributed by atoms with van der Waals surface area (Å²) in [6.07, 6.45) is 0. The van der Waals surface area contributed by atoms with E-state index < -0.39 is 0 Å². The maximum absolute atomic E-state index is 11.7. The first-order valence-corrected chi connectivity index (χ1v) is 6.63. The van der Waals surface area contributed by atoms with Gasteiger partial charge in [0.25, 0.3) is 0 Å². The molecule has 1 rings (SSSR count). The second-order valence-electron chi connectivity index (χ2n) is 3.71. The van der Waals surface area contributed by atoms with Gasteiger partial charge >= 0.3 is 0 Å². The van der Waals surface area contributed by atoms with Crippen LogP contribution in [0, 0.1) is 0 Å². The first kappa shape index (κ1) is 13.3. The smallest absolute Gasteiger partial charge is 0.241 e. The van der Waals surface area contributed by atoms with Gasteiger partial charge in [0, 0.05) is 31.6 Å². The highest BCUT2D eigenvalue weighted by Crippen LogP contribution is 2.07. The number of nitrogens with zero attached hydrogens (tertiary/aromatic N) is 1. The highest BCUT2D eigenvalue weighted by Gasteiger charge is 2.21. The molecule has 1 heterocycles. The Labute approximate surface area is 100 Å². The van der Waals surface area contributed by atoms with E-state index in [1.54, 1.807) is 23.7 Å². The number of likely N-dealkylation sites (N-methyl/N-ethyl adjacent to an activating group) is 1. The Kier molecular flexibility index (Phi) is 5.62. The van der Waals surface area contributed by atoms with Crippen LogP contribution in [0.25, 0.3) is 0 Å². The quantitative estimate of drug-likeness (QED) is 0.686. The van der Waals surface area contributed by atoms with Crippen LogP contribution in [0.2, 0.25) is 0 Å². The summed E-state index contributed by atoms with van der Waals surface area (Å²) in [5.41, 5.74) is 0. The molecule has 0 aliphatic carbocycles. The second kappa shape index (κ2) is 6.75. The lowest BCUT2D eigenvalue weighted by molar-refractivity contribution is -0.132. The van der Waals surface area contributed by atoms with Crippen LogP contribution < -0.4 is 10.6 Å². The maximum Gasteiger partial charge on any atom is 0.241 e. The Morgan fingerprint density at radius 1 is 1.56 bits per heavy atom. The van der Waals surface area contributed by atoms with Crippen molar-refractivity contribution < 1.29 is 9.59 Å². The number of thioether (sulfide) groups is 1. The van der Waals surface area contributed by atoms with Gasteiger partial charge in [-0.1, -0.05) is 0 Å². The molecule has 0 spiro atoms. The summed E-state index contributed by atoms with van der Waals surface area (Å²) >= 11 is 1.76. The fourth-order valence-electron chi connectivity index (χ4n) is 1.33. The molecule has 1 unspecified atom stereocenters. The summed E-state index contributed by atoms with van der Waals surface area (Å²) in [4.78, 5) is 24.7. The van der Waals surface area contributed by atoms with E-state index in [2.05, 4.69) is 10.6 Å². The number of carbonyl (C=O) groups is 2. The SMILES string of the molecule is CCN(C)C(=O)CNC(=O)C1CSCCN1. The molecule has 0 bridgehead atoms. The number of hydrogen-bond acceptors (Lipinski definition) is 4. The van der Waals surface area contributed by atoms with Crippen LogP contribution in [-0.2, 0) is 9.59 Å². The zero-order chi connectivity index (χ0) is 12.0. The molecule has 5 nitrogen and oxygen atoms in total. The molecule has 0 radical (unpaired) electrons. The molecule has 1 aliphatic heterocycles. The molecule has 1 fully saturated rings. The van der Waals surface area contributed by atoms with Crippen LogP contribution in [-0.4, -0.2) is 60.9 Å². The molecule has 2 N–H and O–H groups in total. The standard InChI is InChI=1S/C10H19N3O2S/c1-3-13(2)9(14)6-12-10(15)8-7-16-5-4-11-8/h8,11H,3-7H2,1-2H3,(H,12,15). The Morgan fingerprint density at radius 3 is 2.88 bits per heavy atom. The van der Waals surface area contributed by atoms with Gasteiger partial charge in [-0.15, -0.1) is 0 Å². The predicted octanol–water partition coefficient (Wildman–Crippen LogP) is -0.714. The monoisotopic (exact) mass is 245 g/mol. The molecule has 1 atom stereocenters. The van der Waals surface area contributed by atoms with Gasteiger partial charge in [-0.2, -0.15) is 11.8 Å². The van der Waals surface area contributed by atoms with Crippen LogP contribution >= 0.6 is 11.8 Å². The zero-order valence-corrected chi connectivity index (χ0v) is 10.6. The maximum atomic E-state index is 11.7. The van der Waals surface area contributed by atoms with Gasteiger partial charge in [0.2, 0.25) is 11.8 Å². The van der Waals surface area contributed by atoms with Gasteiger partial charge in [0.15, 0.2) is 0 Å². The minimum atomic E-state index is -0.154. The van der Waals surface area contributed by atoms with Gasteiger partial charge in [0.1, 0.15) is 0 Å². The number of carbonyl (C=O) groups excluding carboxylic acids is 2. The van der Waals surface area contributed by atoms with Crippen LogP contribution in [0.15, 0.2) is 0 Å². The van der Waals surface area contributed by atoms with Crippen molar-refractivity contribution in [3.8, 4) is 0 Å². The summed E-state index contributed by atoms with van der Waals surface area (Å²) in [6.45, 7) is 3.50. The third-order valence-corrected chi connectivity index (χ3v) is 3.61. The van der Waals surface area contributed by atoms with Crippen LogP contribution in [0.5, 0.6) is 0 Å². The number of hydrogen-bond donors (Lipinski definition) is 2. The predicted molar refractivity (Wildman–Crippen MR) is 65.4 cm³/mol. The molecule has 0 saturated carbocycles. The van der Waals surface area contributed by atoms with Crippen molar-refractivity contribution in [3.05, 3.63) is 0 Å². The van der Waals surface area contributed by atoms with E-state index in [9.17, 15) is 9.59 Å². The average molecular weight is 245 g/mol. The van der Waals surface area contributed by atoms with Crippen molar-refractivity contribution in [2.24, 2.45) is 0 Å². The minimum Gasteiger partial charge on any atom is -0.346 e. The lowest BCUT2D eigenvalue weighted by Gasteiger charge is -2.22. The topological polar surface area (TPSA) is 61.4 Å². The summed E-state index contributed by atoms with van der Waals surface area (Å²) < 4.78 is 0. The number of rotatable bonds is 4. The molecule has 0 aromatic rings. The molecule has 0 aromatic carbocycles. The molecular weight excluding hydrogens is 226 g/mol. The van der Waals surface area contributed by atoms with E-state index in [-0.39, 0.29) is 24.4 Å².